The number of fused-ring (bicyclic) bond motifs is 1. The molecule has 1 aliphatic heterocycles. The van der Waals surface area contributed by atoms with Gasteiger partial charge in [-0.1, -0.05) is 13.8 Å². The van der Waals surface area contributed by atoms with Crippen molar-refractivity contribution in [1.82, 2.24) is 10.6 Å². The number of methoxy groups -OCH3 is 3. The van der Waals surface area contributed by atoms with Gasteiger partial charge < -0.3 is 44.7 Å². The molecular formula is C28H43N3O9. The second kappa shape index (κ2) is 13.0. The van der Waals surface area contributed by atoms with E-state index in [4.69, 9.17) is 18.9 Å². The number of rotatable bonds is 14. The molecule has 4 N–H and O–H groups in total. The number of aliphatic hydroxyl groups excluding tert-OH is 2. The lowest BCUT2D eigenvalue weighted by Crippen LogP contribution is -2.56. The second-order valence-electron chi connectivity index (χ2n) is 11.0. The van der Waals surface area contributed by atoms with Gasteiger partial charge in [-0.25, -0.2) is 0 Å². The van der Waals surface area contributed by atoms with E-state index in [2.05, 4.69) is 10.6 Å². The van der Waals surface area contributed by atoms with E-state index in [1.54, 1.807) is 21.3 Å². The number of ether oxygens (including phenoxy) is 4. The fraction of sp³-hybridized carbons (Fsp3) is 0.679. The zero-order valence-corrected chi connectivity index (χ0v) is 24.5. The average molecular weight is 566 g/mol. The Bertz CT molecular complexity index is 1100. The Kier molecular flexibility index (Phi) is 10.3. The molecule has 1 saturated heterocycles. The maximum atomic E-state index is 13.4. The predicted molar refractivity (Wildman–Crippen MR) is 147 cm³/mol. The van der Waals surface area contributed by atoms with Crippen molar-refractivity contribution in [3.05, 3.63) is 11.1 Å². The van der Waals surface area contributed by atoms with Crippen LogP contribution < -0.4 is 29.7 Å². The van der Waals surface area contributed by atoms with Crippen molar-refractivity contribution in [3.63, 3.8) is 0 Å². The lowest BCUT2D eigenvalue weighted by Gasteiger charge is -2.32. The van der Waals surface area contributed by atoms with E-state index in [1.807, 2.05) is 32.8 Å². The number of nitrogens with zero attached hydrogens (tertiary/aromatic N) is 1. The molecule has 4 atom stereocenters. The molecule has 0 bridgehead atoms. The largest absolute Gasteiger partial charge is 0.492 e. The van der Waals surface area contributed by atoms with Gasteiger partial charge in [-0.05, 0) is 37.2 Å². The fourth-order valence-corrected chi connectivity index (χ4v) is 5.38. The molecular weight excluding hydrogens is 522 g/mol. The molecule has 2 amide bonds. The molecule has 1 aromatic rings. The van der Waals surface area contributed by atoms with E-state index in [-0.39, 0.29) is 18.4 Å². The monoisotopic (exact) mass is 565 g/mol. The maximum Gasteiger partial charge on any atom is 0.245 e. The van der Waals surface area contributed by atoms with Crippen LogP contribution >= 0.6 is 0 Å². The number of nitrogens with one attached hydrogen (secondary N) is 2. The molecule has 1 fully saturated rings. The molecule has 0 aromatic heterocycles. The SMILES string of the molecule is COc1c2c(c(N(C)C)c(OC)c1OC)C[C@@H](C(=O)N[C@@H](CO)C(=O)N[C@@H](CC(C)C)C(=O)[C@@]1(CO)CO1)CC2. The number of carbonyl (C=O) groups excluding carboxylic acids is 3. The summed E-state index contributed by atoms with van der Waals surface area (Å²) in [5, 5.41) is 24.9. The summed E-state index contributed by atoms with van der Waals surface area (Å²) in [7, 11) is 8.41. The maximum absolute atomic E-state index is 13.4. The molecule has 224 valence electrons. The standard InChI is InChI=1S/C28H43N3O9/c1-15(2)10-19(25(34)28(13-33)14-40-28)29-27(36)20(12-32)30-26(35)16-8-9-17-18(11-16)21(31(3)4)23(38-6)24(39-7)22(17)37-5/h15-16,19-20,32-33H,8-14H2,1-7H3,(H,29,36)(H,30,35)/t16-,19-,20-,28+/m0/s1. The van der Waals surface area contributed by atoms with Crippen molar-refractivity contribution in [2.75, 3.05) is 60.1 Å². The normalized spacial score (nSPS) is 21.1. The Morgan fingerprint density at radius 1 is 1.00 bits per heavy atom. The predicted octanol–water partition coefficient (Wildman–Crippen LogP) is 0.222. The van der Waals surface area contributed by atoms with Gasteiger partial charge in [0.25, 0.3) is 0 Å². The number of epoxide rings is 1. The highest BCUT2D eigenvalue weighted by Crippen LogP contribution is 2.51. The molecule has 0 unspecified atom stereocenters. The third-order valence-corrected chi connectivity index (χ3v) is 7.53. The van der Waals surface area contributed by atoms with E-state index in [0.29, 0.717) is 42.9 Å². The number of anilines is 1. The molecule has 2 aliphatic rings. The van der Waals surface area contributed by atoms with Crippen LogP contribution in [0, 0.1) is 11.8 Å². The second-order valence-corrected chi connectivity index (χ2v) is 11.0. The lowest BCUT2D eigenvalue weighted by molar-refractivity contribution is -0.135. The molecule has 3 rings (SSSR count). The first kappa shape index (κ1) is 31.4. The summed E-state index contributed by atoms with van der Waals surface area (Å²) in [4.78, 5) is 41.4. The lowest BCUT2D eigenvalue weighted by atomic mass is 9.81. The van der Waals surface area contributed by atoms with E-state index < -0.39 is 48.5 Å². The van der Waals surface area contributed by atoms with Gasteiger partial charge in [0.05, 0.1) is 52.9 Å². The van der Waals surface area contributed by atoms with Crippen LogP contribution in [-0.4, -0.2) is 101 Å². The van der Waals surface area contributed by atoms with E-state index in [9.17, 15) is 24.6 Å². The van der Waals surface area contributed by atoms with Gasteiger partial charge in [0.1, 0.15) is 6.04 Å². The topological polar surface area (TPSA) is 159 Å². The van der Waals surface area contributed by atoms with Crippen molar-refractivity contribution in [3.8, 4) is 17.2 Å². The van der Waals surface area contributed by atoms with Crippen LogP contribution in [-0.2, 0) is 32.0 Å². The summed E-state index contributed by atoms with van der Waals surface area (Å²) in [6.07, 6.45) is 1.70. The number of Topliss-reactive ketones (excluding diaryl/α,β-unsaturated/α-hetero) is 1. The minimum Gasteiger partial charge on any atom is -0.492 e. The first-order chi connectivity index (χ1) is 19.0. The molecule has 1 heterocycles. The Hall–Kier alpha value is -3.09. The quantitative estimate of drug-likeness (QED) is 0.230. The minimum absolute atomic E-state index is 0.0618. The van der Waals surface area contributed by atoms with Crippen LogP contribution in [0.5, 0.6) is 17.2 Å². The summed E-state index contributed by atoms with van der Waals surface area (Å²) < 4.78 is 22.2. The van der Waals surface area contributed by atoms with Crippen molar-refractivity contribution in [2.24, 2.45) is 11.8 Å². The number of benzene rings is 1. The number of carbonyl (C=O) groups is 3. The molecule has 12 heteroatoms. The van der Waals surface area contributed by atoms with Gasteiger partial charge in [-0.3, -0.25) is 14.4 Å². The average Bonchev–Trinajstić information content (AvgIpc) is 3.74. The molecule has 0 radical (unpaired) electrons. The molecule has 1 aromatic carbocycles. The smallest absolute Gasteiger partial charge is 0.245 e. The van der Waals surface area contributed by atoms with Crippen LogP contribution in [0.25, 0.3) is 0 Å². The van der Waals surface area contributed by atoms with Crippen molar-refractivity contribution >= 4 is 23.3 Å². The van der Waals surface area contributed by atoms with Crippen molar-refractivity contribution in [1.29, 1.82) is 0 Å². The van der Waals surface area contributed by atoms with Gasteiger partial charge in [0.2, 0.25) is 17.6 Å². The summed E-state index contributed by atoms with van der Waals surface area (Å²) in [5.74, 6) is -0.362. The number of ketones is 1. The Morgan fingerprint density at radius 2 is 1.62 bits per heavy atom. The first-order valence-corrected chi connectivity index (χ1v) is 13.5. The van der Waals surface area contributed by atoms with Crippen LogP contribution in [0.2, 0.25) is 0 Å². The van der Waals surface area contributed by atoms with Crippen molar-refractivity contribution < 1.29 is 43.5 Å². The number of hydrogen-bond donors (Lipinski definition) is 4. The van der Waals surface area contributed by atoms with Gasteiger partial charge in [0.15, 0.2) is 22.9 Å². The number of aliphatic hydroxyl groups is 2. The van der Waals surface area contributed by atoms with E-state index >= 15 is 0 Å². The van der Waals surface area contributed by atoms with Crippen molar-refractivity contribution in [2.45, 2.75) is 57.2 Å². The van der Waals surface area contributed by atoms with Gasteiger partial charge in [-0.2, -0.15) is 0 Å². The Balaban J connectivity index is 1.80. The molecule has 12 nitrogen and oxygen atoms in total. The number of hydrogen-bond acceptors (Lipinski definition) is 10. The van der Waals surface area contributed by atoms with Gasteiger partial charge in [-0.15, -0.1) is 0 Å². The van der Waals surface area contributed by atoms with Crippen LogP contribution in [0.15, 0.2) is 0 Å². The van der Waals surface area contributed by atoms with Crippen LogP contribution in [0.1, 0.15) is 37.8 Å². The van der Waals surface area contributed by atoms with Gasteiger partial charge in [0, 0.05) is 25.6 Å². The molecule has 1 aliphatic carbocycles. The van der Waals surface area contributed by atoms with E-state index in [0.717, 1.165) is 16.8 Å². The third-order valence-electron chi connectivity index (χ3n) is 7.53. The Morgan fingerprint density at radius 3 is 2.10 bits per heavy atom. The minimum atomic E-state index is -1.30. The van der Waals surface area contributed by atoms with Crippen LogP contribution in [0.4, 0.5) is 5.69 Å². The summed E-state index contributed by atoms with van der Waals surface area (Å²) in [6, 6.07) is -2.18. The highest BCUT2D eigenvalue weighted by Gasteiger charge is 2.54. The van der Waals surface area contributed by atoms with Crippen LogP contribution in [0.3, 0.4) is 0 Å². The number of amides is 2. The highest BCUT2D eigenvalue weighted by atomic mass is 16.6. The highest BCUT2D eigenvalue weighted by molar-refractivity contribution is 5.98. The van der Waals surface area contributed by atoms with Gasteiger partial charge >= 0.3 is 0 Å². The first-order valence-electron chi connectivity index (χ1n) is 13.5. The zero-order valence-electron chi connectivity index (χ0n) is 24.5. The molecule has 0 saturated carbocycles. The summed E-state index contributed by atoms with van der Waals surface area (Å²) in [6.45, 7) is 2.77. The fourth-order valence-electron chi connectivity index (χ4n) is 5.38. The third kappa shape index (κ3) is 6.29. The van der Waals surface area contributed by atoms with E-state index in [1.165, 1.54) is 0 Å². The Labute approximate surface area is 235 Å². The molecule has 40 heavy (non-hydrogen) atoms. The summed E-state index contributed by atoms with van der Waals surface area (Å²) in [5.41, 5.74) is 1.30. The summed E-state index contributed by atoms with van der Waals surface area (Å²) >= 11 is 0. The molecule has 0 spiro atoms. The zero-order chi connectivity index (χ0) is 29.8.